The van der Waals surface area contributed by atoms with Gasteiger partial charge in [0.1, 0.15) is 5.75 Å². The number of aliphatic hydroxyl groups excluding tert-OH is 1. The van der Waals surface area contributed by atoms with E-state index in [4.69, 9.17) is 19.6 Å². The minimum Gasteiger partial charge on any atom is -0.494 e. The number of hydrogen-bond donors (Lipinski definition) is 3. The summed E-state index contributed by atoms with van der Waals surface area (Å²) in [5.74, 6) is 0.145. The second kappa shape index (κ2) is 15.3. The molecule has 248 valence electrons. The predicted octanol–water partition coefficient (Wildman–Crippen LogP) is 7.49. The number of azide groups is 1. The Kier molecular flexibility index (Phi) is 11.0. The molecular weight excluding hydrogens is 693 g/mol. The van der Waals surface area contributed by atoms with Gasteiger partial charge in [0, 0.05) is 52.2 Å². The van der Waals surface area contributed by atoms with Crippen LogP contribution in [0.25, 0.3) is 10.4 Å². The Morgan fingerprint density at radius 2 is 1.71 bits per heavy atom. The summed E-state index contributed by atoms with van der Waals surface area (Å²) in [5.41, 5.74) is 14.9. The van der Waals surface area contributed by atoms with Crippen LogP contribution >= 0.6 is 15.9 Å². The van der Waals surface area contributed by atoms with E-state index in [1.807, 2.05) is 24.3 Å². The maximum atomic E-state index is 14.4. The van der Waals surface area contributed by atoms with E-state index in [1.54, 1.807) is 48.5 Å². The van der Waals surface area contributed by atoms with Gasteiger partial charge in [-0.2, -0.15) is 13.2 Å². The van der Waals surface area contributed by atoms with E-state index in [9.17, 15) is 23.5 Å². The molecule has 4 aromatic carbocycles. The summed E-state index contributed by atoms with van der Waals surface area (Å²) < 4.78 is 52.1. The third-order valence-corrected chi connectivity index (χ3v) is 8.09. The first-order valence-corrected chi connectivity index (χ1v) is 15.6. The molecule has 0 fully saturated rings. The number of benzene rings is 4. The molecule has 0 aromatic heterocycles. The van der Waals surface area contributed by atoms with Crippen molar-refractivity contribution in [3.63, 3.8) is 0 Å². The van der Waals surface area contributed by atoms with Crippen LogP contribution in [0.2, 0.25) is 0 Å². The molecule has 14 heteroatoms. The Labute approximate surface area is 282 Å². The Morgan fingerprint density at radius 1 is 1.02 bits per heavy atom. The van der Waals surface area contributed by atoms with Crippen LogP contribution in [0.4, 0.5) is 18.9 Å². The van der Waals surface area contributed by atoms with Crippen LogP contribution in [0, 0.1) is 0 Å². The van der Waals surface area contributed by atoms with Crippen LogP contribution in [-0.4, -0.2) is 35.7 Å². The molecule has 1 heterocycles. The third kappa shape index (κ3) is 8.15. The van der Waals surface area contributed by atoms with E-state index >= 15 is 0 Å². The molecule has 0 bridgehead atoms. The maximum absolute atomic E-state index is 14.4. The molecule has 0 saturated heterocycles. The zero-order chi connectivity index (χ0) is 34.1. The smallest absolute Gasteiger partial charge is 0.416 e. The van der Waals surface area contributed by atoms with Crippen LogP contribution in [0.3, 0.4) is 0 Å². The van der Waals surface area contributed by atoms with Gasteiger partial charge in [0.15, 0.2) is 11.6 Å². The monoisotopic (exact) mass is 722 g/mol. The summed E-state index contributed by atoms with van der Waals surface area (Å²) in [4.78, 5) is 22.3. The molecule has 0 aliphatic carbocycles. The summed E-state index contributed by atoms with van der Waals surface area (Å²) in [6.07, 6.45) is -4.99. The number of carbonyl (C=O) groups excluding carboxylic acids is 1. The first-order chi connectivity index (χ1) is 23.1. The molecule has 4 aromatic rings. The lowest BCUT2D eigenvalue weighted by atomic mass is 9.81. The van der Waals surface area contributed by atoms with Gasteiger partial charge < -0.3 is 14.6 Å². The number of hydrogen-bond acceptors (Lipinski definition) is 7. The number of carbonyl (C=O) groups is 1. The van der Waals surface area contributed by atoms with Crippen molar-refractivity contribution in [2.45, 2.75) is 37.2 Å². The largest absolute Gasteiger partial charge is 0.494 e. The molecule has 1 aliphatic heterocycles. The number of aliphatic hydroxyl groups is 1. The Hall–Kier alpha value is -4.88. The average molecular weight is 724 g/mol. The molecule has 0 radical (unpaired) electrons. The number of halogens is 4. The van der Waals surface area contributed by atoms with E-state index in [0.29, 0.717) is 35.5 Å². The summed E-state index contributed by atoms with van der Waals surface area (Å²) >= 11 is 3.44. The Bertz CT molecular complexity index is 1800. The van der Waals surface area contributed by atoms with Gasteiger partial charge >= 0.3 is 6.18 Å². The number of aliphatic imine (C=N–C) groups is 1. The van der Waals surface area contributed by atoms with Crippen molar-refractivity contribution in [1.82, 2.24) is 10.9 Å². The summed E-state index contributed by atoms with van der Waals surface area (Å²) in [7, 11) is 0. The van der Waals surface area contributed by atoms with Crippen LogP contribution in [0.15, 0.2) is 112 Å². The topological polar surface area (TPSA) is 141 Å². The molecule has 5 rings (SSSR count). The molecule has 2 atom stereocenters. The van der Waals surface area contributed by atoms with Crippen molar-refractivity contribution in [2.75, 3.05) is 13.2 Å². The second-order valence-corrected chi connectivity index (χ2v) is 11.8. The summed E-state index contributed by atoms with van der Waals surface area (Å²) in [6.45, 7) is 0.359. The molecule has 10 nitrogen and oxygen atoms in total. The van der Waals surface area contributed by atoms with Crippen molar-refractivity contribution in [1.29, 1.82) is 0 Å². The normalized spacial score (nSPS) is 17.2. The van der Waals surface area contributed by atoms with Gasteiger partial charge in [-0.25, -0.2) is 10.4 Å². The maximum Gasteiger partial charge on any atom is 0.416 e. The van der Waals surface area contributed by atoms with Crippen molar-refractivity contribution < 1.29 is 32.5 Å². The second-order valence-electron chi connectivity index (χ2n) is 10.8. The van der Waals surface area contributed by atoms with Gasteiger partial charge in [0.2, 0.25) is 5.90 Å². The van der Waals surface area contributed by atoms with Crippen LogP contribution in [-0.2, 0) is 28.7 Å². The van der Waals surface area contributed by atoms with Gasteiger partial charge in [-0.1, -0.05) is 69.6 Å². The highest BCUT2D eigenvalue weighted by Crippen LogP contribution is 2.45. The minimum atomic E-state index is -4.47. The van der Waals surface area contributed by atoms with Crippen LogP contribution in [0.5, 0.6) is 5.75 Å². The Balaban J connectivity index is 1.52. The SMILES string of the molecule is [N-]=[N+]=Nc1ccccc1[C@@H]1OC(c2ccc(OCCCO)cc2)=N[C@]1(Cc1ccc(Br)cc1)C(=O)NNCc1ccc(C(F)(F)F)cc1. The number of hydrazine groups is 1. The highest BCUT2D eigenvalue weighted by Gasteiger charge is 2.54. The lowest BCUT2D eigenvalue weighted by Crippen LogP contribution is -2.53. The fourth-order valence-corrected chi connectivity index (χ4v) is 5.43. The number of ether oxygens (including phenoxy) is 2. The van der Waals surface area contributed by atoms with E-state index in [1.165, 1.54) is 12.1 Å². The van der Waals surface area contributed by atoms with Crippen molar-refractivity contribution in [3.8, 4) is 5.75 Å². The quantitative estimate of drug-likeness (QED) is 0.0431. The molecule has 0 unspecified atom stereocenters. The first kappa shape index (κ1) is 34.5. The lowest BCUT2D eigenvalue weighted by molar-refractivity contribution is -0.137. The summed E-state index contributed by atoms with van der Waals surface area (Å²) in [5, 5.41) is 12.9. The van der Waals surface area contributed by atoms with Crippen LogP contribution < -0.4 is 15.6 Å². The molecule has 48 heavy (non-hydrogen) atoms. The first-order valence-electron chi connectivity index (χ1n) is 14.8. The van der Waals surface area contributed by atoms with Crippen molar-refractivity contribution in [3.05, 3.63) is 140 Å². The number of rotatable bonds is 13. The number of nitrogens with zero attached hydrogens (tertiary/aromatic N) is 4. The predicted molar refractivity (Wildman–Crippen MR) is 176 cm³/mol. The number of alkyl halides is 3. The number of nitrogens with one attached hydrogen (secondary N) is 2. The fourth-order valence-electron chi connectivity index (χ4n) is 5.17. The lowest BCUT2D eigenvalue weighted by Gasteiger charge is -2.31. The number of amides is 1. The van der Waals surface area contributed by atoms with Crippen molar-refractivity contribution in [2.24, 2.45) is 10.1 Å². The zero-order valence-electron chi connectivity index (χ0n) is 25.3. The average Bonchev–Trinajstić information content (AvgIpc) is 3.46. The van der Waals surface area contributed by atoms with E-state index < -0.39 is 29.3 Å². The van der Waals surface area contributed by atoms with Gasteiger partial charge in [-0.3, -0.25) is 10.2 Å². The molecule has 1 amide bonds. The van der Waals surface area contributed by atoms with Gasteiger partial charge in [0.05, 0.1) is 12.2 Å². The molecule has 1 aliphatic rings. The van der Waals surface area contributed by atoms with Gasteiger partial charge in [-0.05, 0) is 65.2 Å². The third-order valence-electron chi connectivity index (χ3n) is 7.56. The highest BCUT2D eigenvalue weighted by molar-refractivity contribution is 9.10. The van der Waals surface area contributed by atoms with E-state index in [0.717, 1.165) is 22.2 Å². The zero-order valence-corrected chi connectivity index (χ0v) is 26.9. The highest BCUT2D eigenvalue weighted by atomic mass is 79.9. The summed E-state index contributed by atoms with van der Waals surface area (Å²) in [6, 6.07) is 25.6. The fraction of sp³-hybridized carbons (Fsp3) is 0.235. The molecule has 0 spiro atoms. The van der Waals surface area contributed by atoms with Crippen LogP contribution in [0.1, 0.15) is 40.3 Å². The van der Waals surface area contributed by atoms with Gasteiger partial charge in [0.25, 0.3) is 5.91 Å². The molecular formula is C34H30BrF3N6O4. The molecule has 3 N–H and O–H groups in total. The van der Waals surface area contributed by atoms with E-state index in [2.05, 4.69) is 36.8 Å². The van der Waals surface area contributed by atoms with E-state index in [-0.39, 0.29) is 31.2 Å². The van der Waals surface area contributed by atoms with Gasteiger partial charge in [-0.15, -0.1) is 0 Å². The van der Waals surface area contributed by atoms with Crippen molar-refractivity contribution >= 4 is 33.4 Å². The minimum absolute atomic E-state index is 0.00312. The molecule has 0 saturated carbocycles. The Morgan fingerprint density at radius 3 is 2.38 bits per heavy atom. The standard InChI is InChI=1S/C34H30BrF3N6O4/c35-26-14-8-22(9-15-26)20-33(32(46)43-40-21-23-6-12-25(13-7-23)34(36,37)38)30(28-4-1-2-5-29(28)42-44-39)48-31(41-33)24-10-16-27(17-11-24)47-19-3-18-45/h1-2,4-17,30,40,45H,3,18-21H2,(H,43,46)/t30-,33-/m0/s1.